The summed E-state index contributed by atoms with van der Waals surface area (Å²) in [6, 6.07) is 20.4. The van der Waals surface area contributed by atoms with E-state index in [9.17, 15) is 18.3 Å². The maximum Gasteiger partial charge on any atom is 0.225 e. The molecule has 3 aromatic carbocycles. The number of amides is 1. The molecule has 152 valence electrons. The number of benzene rings is 3. The number of sulfone groups is 1. The summed E-state index contributed by atoms with van der Waals surface area (Å²) < 4.78 is 25.7. The molecule has 0 aliphatic carbocycles. The second-order valence-electron chi connectivity index (χ2n) is 6.65. The van der Waals surface area contributed by atoms with E-state index in [0.717, 1.165) is 10.2 Å². The molecule has 6 nitrogen and oxygen atoms in total. The van der Waals surface area contributed by atoms with Crippen LogP contribution in [0.2, 0.25) is 0 Å². The molecule has 0 unspecified atom stereocenters. The van der Waals surface area contributed by atoms with Crippen LogP contribution in [0.25, 0.3) is 20.8 Å². The Kier molecular flexibility index (Phi) is 5.52. The number of hydrogen-bond acceptors (Lipinski definition) is 6. The molecule has 2 N–H and O–H groups in total. The van der Waals surface area contributed by atoms with Gasteiger partial charge in [0.05, 0.1) is 26.4 Å². The van der Waals surface area contributed by atoms with E-state index in [4.69, 9.17) is 0 Å². The van der Waals surface area contributed by atoms with Gasteiger partial charge in [-0.3, -0.25) is 4.79 Å². The van der Waals surface area contributed by atoms with Crippen LogP contribution in [-0.4, -0.2) is 30.2 Å². The molecule has 0 saturated carbocycles. The summed E-state index contributed by atoms with van der Waals surface area (Å²) in [5.41, 5.74) is 1.80. The first-order valence-corrected chi connectivity index (χ1v) is 11.7. The first-order chi connectivity index (χ1) is 14.4. The Morgan fingerprint density at radius 2 is 1.73 bits per heavy atom. The van der Waals surface area contributed by atoms with E-state index in [1.54, 1.807) is 30.3 Å². The second kappa shape index (κ2) is 8.25. The van der Waals surface area contributed by atoms with Crippen molar-refractivity contribution >= 4 is 43.0 Å². The van der Waals surface area contributed by atoms with Crippen molar-refractivity contribution in [3.8, 4) is 16.3 Å². The number of carbonyl (C=O) groups is 1. The van der Waals surface area contributed by atoms with E-state index in [-0.39, 0.29) is 22.8 Å². The van der Waals surface area contributed by atoms with Crippen LogP contribution in [0.3, 0.4) is 0 Å². The molecule has 0 aliphatic rings. The summed E-state index contributed by atoms with van der Waals surface area (Å²) in [7, 11) is -3.53. The van der Waals surface area contributed by atoms with Gasteiger partial charge in [0.15, 0.2) is 9.84 Å². The third-order valence-corrected chi connectivity index (χ3v) is 7.31. The van der Waals surface area contributed by atoms with Crippen LogP contribution in [0, 0.1) is 0 Å². The van der Waals surface area contributed by atoms with Gasteiger partial charge in [-0.05, 0) is 42.5 Å². The first-order valence-electron chi connectivity index (χ1n) is 9.19. The van der Waals surface area contributed by atoms with Gasteiger partial charge in [0.2, 0.25) is 5.91 Å². The number of fused-ring (bicyclic) bond motifs is 1. The first kappa shape index (κ1) is 20.1. The monoisotopic (exact) mass is 438 g/mol. The molecular formula is C22H18N2O4S2. The van der Waals surface area contributed by atoms with Gasteiger partial charge < -0.3 is 10.4 Å². The fourth-order valence-corrected chi connectivity index (χ4v) is 5.22. The number of carbonyl (C=O) groups excluding carboxylic acids is 1. The third kappa shape index (κ3) is 4.34. The van der Waals surface area contributed by atoms with Crippen molar-refractivity contribution < 1.29 is 18.3 Å². The van der Waals surface area contributed by atoms with Gasteiger partial charge >= 0.3 is 0 Å². The van der Waals surface area contributed by atoms with E-state index in [1.165, 1.54) is 29.5 Å². The number of phenols is 1. The van der Waals surface area contributed by atoms with E-state index in [1.807, 2.05) is 24.3 Å². The zero-order chi connectivity index (χ0) is 21.1. The molecule has 1 amide bonds. The van der Waals surface area contributed by atoms with Gasteiger partial charge in [-0.25, -0.2) is 13.4 Å². The highest BCUT2D eigenvalue weighted by Gasteiger charge is 2.17. The van der Waals surface area contributed by atoms with Gasteiger partial charge in [0.25, 0.3) is 0 Å². The number of rotatable bonds is 6. The summed E-state index contributed by atoms with van der Waals surface area (Å²) in [5.74, 6) is -0.653. The number of hydrogen-bond donors (Lipinski definition) is 2. The number of phenolic OH excluding ortho intramolecular Hbond substituents is 1. The molecule has 4 aromatic rings. The van der Waals surface area contributed by atoms with Crippen molar-refractivity contribution in [2.75, 3.05) is 11.1 Å². The smallest absolute Gasteiger partial charge is 0.225 e. The summed E-state index contributed by atoms with van der Waals surface area (Å²) in [4.78, 5) is 17.0. The van der Waals surface area contributed by atoms with Crippen LogP contribution in [0.15, 0.2) is 77.7 Å². The highest BCUT2D eigenvalue weighted by Crippen LogP contribution is 2.36. The molecule has 0 fully saturated rings. The summed E-state index contributed by atoms with van der Waals surface area (Å²) in [6.07, 6.45) is -0.172. The molecule has 0 spiro atoms. The number of anilines is 1. The van der Waals surface area contributed by atoms with Gasteiger partial charge in [-0.1, -0.05) is 30.3 Å². The van der Waals surface area contributed by atoms with Crippen LogP contribution in [-0.2, 0) is 14.6 Å². The van der Waals surface area contributed by atoms with Crippen molar-refractivity contribution in [1.82, 2.24) is 4.98 Å². The normalized spacial score (nSPS) is 11.5. The van der Waals surface area contributed by atoms with Gasteiger partial charge in [-0.2, -0.15) is 0 Å². The van der Waals surface area contributed by atoms with Crippen molar-refractivity contribution in [3.63, 3.8) is 0 Å². The Labute approximate surface area is 177 Å². The Morgan fingerprint density at radius 1 is 1.00 bits per heavy atom. The van der Waals surface area contributed by atoms with Crippen molar-refractivity contribution in [2.24, 2.45) is 0 Å². The minimum atomic E-state index is -3.53. The molecule has 0 bridgehead atoms. The maximum atomic E-state index is 12.3. The zero-order valence-electron chi connectivity index (χ0n) is 15.8. The largest absolute Gasteiger partial charge is 0.507 e. The number of aromatic nitrogens is 1. The number of aromatic hydroxyl groups is 1. The van der Waals surface area contributed by atoms with E-state index in [0.29, 0.717) is 16.3 Å². The SMILES string of the molecule is O=C(CCS(=O)(=O)c1ccccc1)Nc1ccc(O)c(-c2nc3ccccc3s2)c1. The number of thiazole rings is 1. The van der Waals surface area contributed by atoms with Gasteiger partial charge in [-0.15, -0.1) is 11.3 Å². The van der Waals surface area contributed by atoms with Crippen LogP contribution >= 0.6 is 11.3 Å². The molecule has 0 radical (unpaired) electrons. The van der Waals surface area contributed by atoms with Crippen LogP contribution in [0.4, 0.5) is 5.69 Å². The van der Waals surface area contributed by atoms with Crippen molar-refractivity contribution in [3.05, 3.63) is 72.8 Å². The lowest BCUT2D eigenvalue weighted by Crippen LogP contribution is -2.17. The third-order valence-electron chi connectivity index (χ3n) is 4.50. The molecule has 1 heterocycles. The summed E-state index contributed by atoms with van der Waals surface area (Å²) in [6.45, 7) is 0. The van der Waals surface area contributed by atoms with Crippen LogP contribution < -0.4 is 5.32 Å². The van der Waals surface area contributed by atoms with Crippen LogP contribution in [0.1, 0.15) is 6.42 Å². The molecular weight excluding hydrogens is 420 g/mol. The highest BCUT2D eigenvalue weighted by atomic mass is 32.2. The Bertz CT molecular complexity index is 1280. The standard InChI is InChI=1S/C22H18N2O4S2/c25-19-11-10-15(14-17(19)22-24-18-8-4-5-9-20(18)29-22)23-21(26)12-13-30(27,28)16-6-2-1-3-7-16/h1-11,14,25H,12-13H2,(H,23,26). The Morgan fingerprint density at radius 3 is 2.50 bits per heavy atom. The average Bonchev–Trinajstić information content (AvgIpc) is 3.18. The van der Waals surface area contributed by atoms with Crippen LogP contribution in [0.5, 0.6) is 5.75 Å². The van der Waals surface area contributed by atoms with Crippen molar-refractivity contribution in [2.45, 2.75) is 11.3 Å². The molecule has 4 rings (SSSR count). The maximum absolute atomic E-state index is 12.3. The lowest BCUT2D eigenvalue weighted by molar-refractivity contribution is -0.115. The summed E-state index contributed by atoms with van der Waals surface area (Å²) >= 11 is 1.44. The molecule has 1 aromatic heterocycles. The van der Waals surface area contributed by atoms with E-state index < -0.39 is 15.7 Å². The van der Waals surface area contributed by atoms with Gasteiger partial charge in [0, 0.05) is 12.1 Å². The predicted octanol–water partition coefficient (Wildman–Crippen LogP) is 4.47. The fourth-order valence-electron chi connectivity index (χ4n) is 2.97. The Balaban J connectivity index is 1.48. The summed E-state index contributed by atoms with van der Waals surface area (Å²) in [5, 5.41) is 13.6. The van der Waals surface area contributed by atoms with E-state index >= 15 is 0 Å². The number of nitrogens with one attached hydrogen (secondary N) is 1. The van der Waals surface area contributed by atoms with Crippen molar-refractivity contribution in [1.29, 1.82) is 0 Å². The quantitative estimate of drug-likeness (QED) is 0.433. The number of nitrogens with zero attached hydrogens (tertiary/aromatic N) is 1. The lowest BCUT2D eigenvalue weighted by atomic mass is 10.2. The molecule has 0 aliphatic heterocycles. The topological polar surface area (TPSA) is 96.4 Å². The molecule has 30 heavy (non-hydrogen) atoms. The highest BCUT2D eigenvalue weighted by molar-refractivity contribution is 7.91. The lowest BCUT2D eigenvalue weighted by Gasteiger charge is -2.08. The predicted molar refractivity (Wildman–Crippen MR) is 118 cm³/mol. The molecule has 8 heteroatoms. The fraction of sp³-hybridized carbons (Fsp3) is 0.0909. The Hall–Kier alpha value is -3.23. The molecule has 0 atom stereocenters. The van der Waals surface area contributed by atoms with Gasteiger partial charge in [0.1, 0.15) is 10.8 Å². The van der Waals surface area contributed by atoms with E-state index in [2.05, 4.69) is 10.3 Å². The zero-order valence-corrected chi connectivity index (χ0v) is 17.4. The second-order valence-corrected chi connectivity index (χ2v) is 9.79. The minimum absolute atomic E-state index is 0.0544. The number of para-hydroxylation sites is 1. The average molecular weight is 439 g/mol. The minimum Gasteiger partial charge on any atom is -0.507 e. The molecule has 0 saturated heterocycles.